The van der Waals surface area contributed by atoms with Crippen molar-refractivity contribution in [3.63, 3.8) is 0 Å². The molecule has 1 aromatic heterocycles. The first-order chi connectivity index (χ1) is 9.16. The maximum atomic E-state index is 12.1. The first-order valence-corrected chi connectivity index (χ1v) is 6.32. The largest absolute Gasteiger partial charge is 0.366 e. The molecular weight excluding hydrogens is 242 g/mol. The number of benzene rings is 1. The number of aromatic nitrogens is 2. The molecule has 1 aromatic carbocycles. The van der Waals surface area contributed by atoms with Crippen molar-refractivity contribution >= 4 is 5.91 Å². The highest BCUT2D eigenvalue weighted by molar-refractivity contribution is 5.94. The lowest BCUT2D eigenvalue weighted by Crippen LogP contribution is -2.25. The molecule has 0 atom stereocenters. The van der Waals surface area contributed by atoms with Crippen molar-refractivity contribution < 1.29 is 4.79 Å². The number of imidazole rings is 1. The van der Waals surface area contributed by atoms with E-state index in [1.807, 2.05) is 18.3 Å². The van der Waals surface area contributed by atoms with Gasteiger partial charge in [-0.05, 0) is 24.5 Å². The summed E-state index contributed by atoms with van der Waals surface area (Å²) in [5.41, 5.74) is 6.55. The lowest BCUT2D eigenvalue weighted by molar-refractivity contribution is 0.0999. The summed E-state index contributed by atoms with van der Waals surface area (Å²) >= 11 is 0. The zero-order chi connectivity index (χ0) is 13.4. The molecule has 3 rings (SSSR count). The van der Waals surface area contributed by atoms with E-state index in [1.54, 1.807) is 27.5 Å². The SMILES string of the molecule is NC(=O)c1ccccc1Cn1ccn(C2CC2)c1=O. The molecule has 1 aliphatic rings. The number of amides is 1. The van der Waals surface area contributed by atoms with Crippen LogP contribution in [0, 0.1) is 0 Å². The Kier molecular flexibility index (Phi) is 2.74. The van der Waals surface area contributed by atoms with Crippen LogP contribution in [0.3, 0.4) is 0 Å². The molecule has 98 valence electrons. The average Bonchev–Trinajstić information content (AvgIpc) is 3.17. The summed E-state index contributed by atoms with van der Waals surface area (Å²) in [6.07, 6.45) is 5.72. The number of hydrogen-bond donors (Lipinski definition) is 1. The molecule has 5 nitrogen and oxygen atoms in total. The molecule has 1 fully saturated rings. The zero-order valence-corrected chi connectivity index (χ0v) is 10.5. The van der Waals surface area contributed by atoms with Crippen molar-refractivity contribution in [3.8, 4) is 0 Å². The molecule has 1 heterocycles. The fraction of sp³-hybridized carbons (Fsp3) is 0.286. The fourth-order valence-corrected chi connectivity index (χ4v) is 2.26. The number of nitrogens with zero attached hydrogens (tertiary/aromatic N) is 2. The Morgan fingerprint density at radius 2 is 2.00 bits per heavy atom. The molecule has 0 aliphatic heterocycles. The van der Waals surface area contributed by atoms with Crippen LogP contribution in [0.1, 0.15) is 34.8 Å². The second kappa shape index (κ2) is 4.42. The Bertz CT molecular complexity index is 680. The lowest BCUT2D eigenvalue weighted by Gasteiger charge is -2.06. The van der Waals surface area contributed by atoms with Gasteiger partial charge in [0.25, 0.3) is 0 Å². The number of primary amides is 1. The molecule has 0 radical (unpaired) electrons. The zero-order valence-electron chi connectivity index (χ0n) is 10.5. The van der Waals surface area contributed by atoms with E-state index >= 15 is 0 Å². The van der Waals surface area contributed by atoms with E-state index < -0.39 is 5.91 Å². The molecule has 0 spiro atoms. The minimum absolute atomic E-state index is 0.0261. The normalized spacial score (nSPS) is 14.5. The second-order valence-corrected chi connectivity index (χ2v) is 4.87. The molecule has 1 amide bonds. The van der Waals surface area contributed by atoms with Gasteiger partial charge in [-0.25, -0.2) is 4.79 Å². The van der Waals surface area contributed by atoms with Crippen LogP contribution in [-0.4, -0.2) is 15.0 Å². The van der Waals surface area contributed by atoms with Gasteiger partial charge in [-0.1, -0.05) is 18.2 Å². The second-order valence-electron chi connectivity index (χ2n) is 4.87. The molecule has 0 unspecified atom stereocenters. The molecule has 5 heteroatoms. The van der Waals surface area contributed by atoms with Crippen LogP contribution < -0.4 is 11.4 Å². The van der Waals surface area contributed by atoms with Crippen LogP contribution in [0.2, 0.25) is 0 Å². The minimum atomic E-state index is -0.467. The maximum Gasteiger partial charge on any atom is 0.328 e. The Labute approximate surface area is 110 Å². The third-order valence-electron chi connectivity index (χ3n) is 3.44. The van der Waals surface area contributed by atoms with Crippen molar-refractivity contribution in [1.29, 1.82) is 0 Å². The van der Waals surface area contributed by atoms with E-state index in [-0.39, 0.29) is 5.69 Å². The molecule has 1 aliphatic carbocycles. The average molecular weight is 257 g/mol. The van der Waals surface area contributed by atoms with Crippen LogP contribution in [-0.2, 0) is 6.54 Å². The number of nitrogens with two attached hydrogens (primary N) is 1. The maximum absolute atomic E-state index is 12.1. The smallest absolute Gasteiger partial charge is 0.328 e. The highest BCUT2D eigenvalue weighted by Gasteiger charge is 2.25. The first-order valence-electron chi connectivity index (χ1n) is 6.32. The van der Waals surface area contributed by atoms with Gasteiger partial charge in [0.15, 0.2) is 0 Å². The topological polar surface area (TPSA) is 70.0 Å². The van der Waals surface area contributed by atoms with Crippen LogP contribution in [0.4, 0.5) is 0 Å². The van der Waals surface area contributed by atoms with Crippen LogP contribution in [0.15, 0.2) is 41.5 Å². The van der Waals surface area contributed by atoms with Crippen molar-refractivity contribution in [2.75, 3.05) is 0 Å². The predicted molar refractivity (Wildman–Crippen MR) is 71.0 cm³/mol. The minimum Gasteiger partial charge on any atom is -0.366 e. The van der Waals surface area contributed by atoms with E-state index in [4.69, 9.17) is 5.73 Å². The lowest BCUT2D eigenvalue weighted by atomic mass is 10.1. The number of hydrogen-bond acceptors (Lipinski definition) is 2. The summed E-state index contributed by atoms with van der Waals surface area (Å²) in [4.78, 5) is 23.5. The molecule has 2 N–H and O–H groups in total. The van der Waals surface area contributed by atoms with Gasteiger partial charge in [-0.15, -0.1) is 0 Å². The van der Waals surface area contributed by atoms with Crippen LogP contribution >= 0.6 is 0 Å². The number of carbonyl (C=O) groups is 1. The number of carbonyl (C=O) groups excluding carboxylic acids is 1. The standard InChI is InChI=1S/C14H15N3O2/c15-13(18)12-4-2-1-3-10(12)9-16-7-8-17(14(16)19)11-5-6-11/h1-4,7-8,11H,5-6,9H2,(H2,15,18). The molecule has 1 saturated carbocycles. The predicted octanol–water partition coefficient (Wildman–Crippen LogP) is 1.13. The van der Waals surface area contributed by atoms with Crippen molar-refractivity contribution in [2.45, 2.75) is 25.4 Å². The van der Waals surface area contributed by atoms with Gasteiger partial charge in [0.1, 0.15) is 0 Å². The third-order valence-corrected chi connectivity index (χ3v) is 3.44. The van der Waals surface area contributed by atoms with Crippen LogP contribution in [0.5, 0.6) is 0 Å². The Hall–Kier alpha value is -2.30. The molecule has 2 aromatic rings. The molecular formula is C14H15N3O2. The van der Waals surface area contributed by atoms with Gasteiger partial charge in [0, 0.05) is 24.0 Å². The van der Waals surface area contributed by atoms with Gasteiger partial charge < -0.3 is 5.73 Å². The molecule has 0 saturated heterocycles. The van der Waals surface area contributed by atoms with Crippen LogP contribution in [0.25, 0.3) is 0 Å². The molecule has 19 heavy (non-hydrogen) atoms. The summed E-state index contributed by atoms with van der Waals surface area (Å²) in [6, 6.07) is 7.47. The summed E-state index contributed by atoms with van der Waals surface area (Å²) in [6.45, 7) is 0.373. The van der Waals surface area contributed by atoms with Gasteiger partial charge in [0.05, 0.1) is 6.54 Å². The van der Waals surface area contributed by atoms with Gasteiger partial charge in [0.2, 0.25) is 5.91 Å². The Balaban J connectivity index is 1.93. The van der Waals surface area contributed by atoms with Crippen molar-refractivity contribution in [3.05, 3.63) is 58.3 Å². The molecule has 0 bridgehead atoms. The number of rotatable bonds is 4. The quantitative estimate of drug-likeness (QED) is 0.892. The van der Waals surface area contributed by atoms with E-state index in [0.29, 0.717) is 18.2 Å². The van der Waals surface area contributed by atoms with Crippen molar-refractivity contribution in [2.24, 2.45) is 5.73 Å². The first kappa shape index (κ1) is 11.8. The van der Waals surface area contributed by atoms with E-state index in [9.17, 15) is 9.59 Å². The Morgan fingerprint density at radius 3 is 2.68 bits per heavy atom. The summed E-state index contributed by atoms with van der Waals surface area (Å²) in [7, 11) is 0. The summed E-state index contributed by atoms with van der Waals surface area (Å²) < 4.78 is 3.37. The summed E-state index contributed by atoms with van der Waals surface area (Å²) in [5.74, 6) is -0.467. The third kappa shape index (κ3) is 2.19. The van der Waals surface area contributed by atoms with Crippen molar-refractivity contribution in [1.82, 2.24) is 9.13 Å². The van der Waals surface area contributed by atoms with Gasteiger partial charge >= 0.3 is 5.69 Å². The highest BCUT2D eigenvalue weighted by atomic mass is 16.2. The van der Waals surface area contributed by atoms with E-state index in [1.165, 1.54) is 0 Å². The highest BCUT2D eigenvalue weighted by Crippen LogP contribution is 2.33. The Morgan fingerprint density at radius 1 is 1.26 bits per heavy atom. The van der Waals surface area contributed by atoms with Gasteiger partial charge in [-0.3, -0.25) is 13.9 Å². The van der Waals surface area contributed by atoms with E-state index in [2.05, 4.69) is 0 Å². The fourth-order valence-electron chi connectivity index (χ4n) is 2.26. The van der Waals surface area contributed by atoms with Gasteiger partial charge in [-0.2, -0.15) is 0 Å². The van der Waals surface area contributed by atoms with E-state index in [0.717, 1.165) is 18.4 Å². The monoisotopic (exact) mass is 257 g/mol. The summed E-state index contributed by atoms with van der Waals surface area (Å²) in [5, 5.41) is 0.